The number of nitrogens with zero attached hydrogens (tertiary/aromatic N) is 2. The molecule has 1 heterocycles. The van der Waals surface area contributed by atoms with Crippen LogP contribution in [-0.2, 0) is 9.53 Å². The van der Waals surface area contributed by atoms with Crippen LogP contribution in [0.3, 0.4) is 0 Å². The summed E-state index contributed by atoms with van der Waals surface area (Å²) in [5, 5.41) is 2.97. The van der Waals surface area contributed by atoms with Gasteiger partial charge < -0.3 is 15.0 Å². The van der Waals surface area contributed by atoms with E-state index in [4.69, 9.17) is 4.74 Å². The summed E-state index contributed by atoms with van der Waals surface area (Å²) in [6.07, 6.45) is 0. The number of amides is 1. The van der Waals surface area contributed by atoms with Gasteiger partial charge in [0.05, 0.1) is 7.11 Å². The molecule has 170 valence electrons. The Balaban J connectivity index is 1.38. The van der Waals surface area contributed by atoms with Gasteiger partial charge in [-0.1, -0.05) is 48.5 Å². The predicted octanol–water partition coefficient (Wildman–Crippen LogP) is 4.28. The highest BCUT2D eigenvalue weighted by Gasteiger charge is 2.31. The normalized spacial score (nSPS) is 15.0. The zero-order chi connectivity index (χ0) is 23.2. The average Bonchev–Trinajstić information content (AvgIpc) is 2.86. The van der Waals surface area contributed by atoms with Crippen molar-refractivity contribution < 1.29 is 14.3 Å². The molecule has 1 unspecified atom stereocenters. The third-order valence-electron chi connectivity index (χ3n) is 6.10. The quantitative estimate of drug-likeness (QED) is 0.576. The molecule has 1 atom stereocenters. The van der Waals surface area contributed by atoms with Crippen LogP contribution in [0.25, 0.3) is 0 Å². The summed E-state index contributed by atoms with van der Waals surface area (Å²) in [6, 6.07) is 24.9. The Hall–Kier alpha value is -3.64. The first kappa shape index (κ1) is 22.6. The first-order valence-corrected chi connectivity index (χ1v) is 11.2. The maximum Gasteiger partial charge on any atom is 0.327 e. The molecule has 0 aromatic heterocycles. The number of esters is 1. The van der Waals surface area contributed by atoms with Crippen LogP contribution in [0.1, 0.15) is 27.5 Å². The molecule has 3 aromatic rings. The number of anilines is 2. The van der Waals surface area contributed by atoms with Crippen LogP contribution in [0.15, 0.2) is 78.9 Å². The highest BCUT2D eigenvalue weighted by molar-refractivity contribution is 6.05. The fourth-order valence-corrected chi connectivity index (χ4v) is 4.26. The van der Waals surface area contributed by atoms with Crippen molar-refractivity contribution >= 4 is 23.3 Å². The largest absolute Gasteiger partial charge is 0.468 e. The van der Waals surface area contributed by atoms with E-state index >= 15 is 0 Å². The zero-order valence-electron chi connectivity index (χ0n) is 19.0. The summed E-state index contributed by atoms with van der Waals surface area (Å²) < 4.78 is 5.09. The van der Waals surface area contributed by atoms with Crippen LogP contribution >= 0.6 is 0 Å². The number of nitrogens with one attached hydrogen (secondary N) is 1. The topological polar surface area (TPSA) is 61.9 Å². The Kier molecular flexibility index (Phi) is 7.05. The van der Waals surface area contributed by atoms with E-state index in [0.29, 0.717) is 5.56 Å². The number of benzene rings is 3. The first-order chi connectivity index (χ1) is 16.1. The van der Waals surface area contributed by atoms with Crippen molar-refractivity contribution in [2.75, 3.05) is 43.5 Å². The highest BCUT2D eigenvalue weighted by Crippen LogP contribution is 2.26. The average molecular weight is 444 g/mol. The molecule has 0 bridgehead atoms. The van der Waals surface area contributed by atoms with Crippen LogP contribution in [0.5, 0.6) is 0 Å². The molecule has 4 rings (SSSR count). The maximum absolute atomic E-state index is 12.6. The van der Waals surface area contributed by atoms with E-state index in [-0.39, 0.29) is 11.9 Å². The van der Waals surface area contributed by atoms with Gasteiger partial charge >= 0.3 is 5.97 Å². The number of aryl methyl sites for hydroxylation is 1. The fraction of sp³-hybridized carbons (Fsp3) is 0.259. The zero-order valence-corrected chi connectivity index (χ0v) is 19.0. The second kappa shape index (κ2) is 10.3. The SMILES string of the molecule is COC(=O)C(c1ccccc1)N1CCN(c2ccc(NC(=O)c3ccccc3C)cc2)CC1. The molecule has 1 fully saturated rings. The summed E-state index contributed by atoms with van der Waals surface area (Å²) in [7, 11) is 1.44. The third kappa shape index (κ3) is 5.23. The van der Waals surface area contributed by atoms with E-state index < -0.39 is 6.04 Å². The molecule has 3 aromatic carbocycles. The lowest BCUT2D eigenvalue weighted by Crippen LogP contribution is -2.49. The lowest BCUT2D eigenvalue weighted by atomic mass is 10.0. The minimum Gasteiger partial charge on any atom is -0.468 e. The van der Waals surface area contributed by atoms with Gasteiger partial charge in [0.1, 0.15) is 6.04 Å². The Morgan fingerprint density at radius 1 is 0.848 bits per heavy atom. The molecule has 0 saturated carbocycles. The summed E-state index contributed by atoms with van der Waals surface area (Å²) in [4.78, 5) is 29.5. The van der Waals surface area contributed by atoms with E-state index in [1.807, 2.05) is 85.8 Å². The molecule has 0 spiro atoms. The number of hydrogen-bond acceptors (Lipinski definition) is 5. The van der Waals surface area contributed by atoms with E-state index in [1.165, 1.54) is 7.11 Å². The van der Waals surface area contributed by atoms with Crippen molar-refractivity contribution in [1.82, 2.24) is 4.90 Å². The minimum absolute atomic E-state index is 0.107. The second-order valence-electron chi connectivity index (χ2n) is 8.18. The smallest absolute Gasteiger partial charge is 0.327 e. The van der Waals surface area contributed by atoms with Gasteiger partial charge in [-0.15, -0.1) is 0 Å². The van der Waals surface area contributed by atoms with Gasteiger partial charge in [0.2, 0.25) is 0 Å². The van der Waals surface area contributed by atoms with Crippen molar-refractivity contribution in [2.45, 2.75) is 13.0 Å². The minimum atomic E-state index is -0.391. The Bertz CT molecular complexity index is 1090. The van der Waals surface area contributed by atoms with Gasteiger partial charge in [-0.3, -0.25) is 9.69 Å². The maximum atomic E-state index is 12.6. The summed E-state index contributed by atoms with van der Waals surface area (Å²) in [6.45, 7) is 5.03. The van der Waals surface area contributed by atoms with E-state index in [0.717, 1.165) is 48.7 Å². The van der Waals surface area contributed by atoms with Gasteiger partial charge in [-0.05, 0) is 48.4 Å². The van der Waals surface area contributed by atoms with E-state index in [1.54, 1.807) is 0 Å². The number of carbonyl (C=O) groups excluding carboxylic acids is 2. The third-order valence-corrected chi connectivity index (χ3v) is 6.10. The van der Waals surface area contributed by atoms with Gasteiger partial charge in [0.15, 0.2) is 0 Å². The summed E-state index contributed by atoms with van der Waals surface area (Å²) in [5.74, 6) is -0.340. The van der Waals surface area contributed by atoms with Gasteiger partial charge in [0, 0.05) is 43.1 Å². The number of ether oxygens (including phenoxy) is 1. The van der Waals surface area contributed by atoms with Crippen molar-refractivity contribution in [3.05, 3.63) is 95.6 Å². The highest BCUT2D eigenvalue weighted by atomic mass is 16.5. The molecule has 33 heavy (non-hydrogen) atoms. The number of carbonyl (C=O) groups is 2. The molecule has 0 radical (unpaired) electrons. The summed E-state index contributed by atoms with van der Waals surface area (Å²) >= 11 is 0. The number of hydrogen-bond donors (Lipinski definition) is 1. The standard InChI is InChI=1S/C27H29N3O3/c1-20-8-6-7-11-24(20)26(31)28-22-12-14-23(15-13-22)29-16-18-30(19-17-29)25(27(32)33-2)21-9-4-3-5-10-21/h3-15,25H,16-19H2,1-2H3,(H,28,31). The Labute approximate surface area is 194 Å². The molecule has 1 aliphatic heterocycles. The number of rotatable bonds is 6. The van der Waals surface area contributed by atoms with Crippen molar-refractivity contribution in [3.63, 3.8) is 0 Å². The van der Waals surface area contributed by atoms with Crippen LogP contribution in [0.4, 0.5) is 11.4 Å². The number of methoxy groups -OCH3 is 1. The predicted molar refractivity (Wildman–Crippen MR) is 131 cm³/mol. The number of piperazine rings is 1. The molecular formula is C27H29N3O3. The molecule has 1 N–H and O–H groups in total. The van der Waals surface area contributed by atoms with E-state index in [2.05, 4.69) is 15.1 Å². The molecule has 1 amide bonds. The lowest BCUT2D eigenvalue weighted by molar-refractivity contribution is -0.147. The first-order valence-electron chi connectivity index (χ1n) is 11.2. The van der Waals surface area contributed by atoms with Crippen molar-refractivity contribution in [1.29, 1.82) is 0 Å². The van der Waals surface area contributed by atoms with Gasteiger partial charge in [0.25, 0.3) is 5.91 Å². The lowest BCUT2D eigenvalue weighted by Gasteiger charge is -2.39. The van der Waals surface area contributed by atoms with Crippen LogP contribution in [-0.4, -0.2) is 50.1 Å². The van der Waals surface area contributed by atoms with Crippen molar-refractivity contribution in [3.8, 4) is 0 Å². The molecule has 0 aliphatic carbocycles. The summed E-state index contributed by atoms with van der Waals surface area (Å²) in [5.41, 5.74) is 4.44. The molecule has 6 nitrogen and oxygen atoms in total. The Morgan fingerprint density at radius 3 is 2.12 bits per heavy atom. The molecule has 1 saturated heterocycles. The molecule has 6 heteroatoms. The van der Waals surface area contributed by atoms with Crippen LogP contribution < -0.4 is 10.2 Å². The van der Waals surface area contributed by atoms with Gasteiger partial charge in [-0.2, -0.15) is 0 Å². The van der Waals surface area contributed by atoms with E-state index in [9.17, 15) is 9.59 Å². The monoisotopic (exact) mass is 443 g/mol. The van der Waals surface area contributed by atoms with Crippen molar-refractivity contribution in [2.24, 2.45) is 0 Å². The van der Waals surface area contributed by atoms with Crippen LogP contribution in [0.2, 0.25) is 0 Å². The fourth-order valence-electron chi connectivity index (χ4n) is 4.26. The van der Waals surface area contributed by atoms with Crippen LogP contribution in [0, 0.1) is 6.92 Å². The second-order valence-corrected chi connectivity index (χ2v) is 8.18. The molecular weight excluding hydrogens is 414 g/mol. The van der Waals surface area contributed by atoms with Gasteiger partial charge in [-0.25, -0.2) is 4.79 Å². The molecule has 1 aliphatic rings. The Morgan fingerprint density at radius 2 is 1.48 bits per heavy atom.